The third kappa shape index (κ3) is 3.69. The standard InChI is InChI=1S/C25H18Cl3N3O/c1-14-2-6-16(7-3-14)22-21-23(30-29-22)25(32)31(13-15-4-8-17(26)9-5-15)24(21)19-11-10-18(27)12-20(19)28/h2-12,24H,13H2,1H3,(H,29,30). The van der Waals surface area contributed by atoms with E-state index in [-0.39, 0.29) is 5.91 Å². The van der Waals surface area contributed by atoms with Crippen LogP contribution in [0.5, 0.6) is 0 Å². The van der Waals surface area contributed by atoms with Gasteiger partial charge in [0.1, 0.15) is 5.69 Å². The van der Waals surface area contributed by atoms with Crippen LogP contribution in [0.2, 0.25) is 15.1 Å². The third-order valence-electron chi connectivity index (χ3n) is 5.71. The minimum Gasteiger partial charge on any atom is -0.322 e. The van der Waals surface area contributed by atoms with Gasteiger partial charge in [0.25, 0.3) is 5.91 Å². The lowest BCUT2D eigenvalue weighted by Crippen LogP contribution is -2.29. The number of nitrogens with one attached hydrogen (secondary N) is 1. The van der Waals surface area contributed by atoms with E-state index < -0.39 is 6.04 Å². The van der Waals surface area contributed by atoms with E-state index in [9.17, 15) is 4.79 Å². The van der Waals surface area contributed by atoms with Crippen LogP contribution in [0.15, 0.2) is 66.7 Å². The highest BCUT2D eigenvalue weighted by atomic mass is 35.5. The molecule has 1 unspecified atom stereocenters. The van der Waals surface area contributed by atoms with Crippen molar-refractivity contribution in [2.24, 2.45) is 0 Å². The lowest BCUT2D eigenvalue weighted by Gasteiger charge is -2.27. The Kier molecular flexibility index (Phi) is 5.46. The summed E-state index contributed by atoms with van der Waals surface area (Å²) in [5, 5.41) is 9.17. The first-order valence-electron chi connectivity index (χ1n) is 10.1. The zero-order valence-corrected chi connectivity index (χ0v) is 19.3. The summed E-state index contributed by atoms with van der Waals surface area (Å²) in [5.41, 5.74) is 5.88. The number of nitrogens with zero attached hydrogens (tertiary/aromatic N) is 2. The van der Waals surface area contributed by atoms with E-state index in [0.29, 0.717) is 27.3 Å². The zero-order valence-electron chi connectivity index (χ0n) is 17.1. The van der Waals surface area contributed by atoms with E-state index in [2.05, 4.69) is 10.2 Å². The molecule has 2 heterocycles. The number of H-pyrrole nitrogens is 1. The predicted molar refractivity (Wildman–Crippen MR) is 128 cm³/mol. The third-order valence-corrected chi connectivity index (χ3v) is 6.53. The molecule has 1 atom stereocenters. The fraction of sp³-hybridized carbons (Fsp3) is 0.120. The number of rotatable bonds is 4. The zero-order chi connectivity index (χ0) is 22.4. The van der Waals surface area contributed by atoms with Crippen LogP contribution in [0.25, 0.3) is 11.3 Å². The van der Waals surface area contributed by atoms with Crippen molar-refractivity contribution in [1.29, 1.82) is 0 Å². The monoisotopic (exact) mass is 481 g/mol. The van der Waals surface area contributed by atoms with Gasteiger partial charge in [-0.05, 0) is 42.3 Å². The molecule has 1 N–H and O–H groups in total. The SMILES string of the molecule is Cc1ccc(-c2n[nH]c3c2C(c2ccc(Cl)cc2Cl)N(Cc2ccc(Cl)cc2)C3=O)cc1. The summed E-state index contributed by atoms with van der Waals surface area (Å²) in [5.74, 6) is -0.128. The van der Waals surface area contributed by atoms with Gasteiger partial charge in [0.2, 0.25) is 0 Å². The molecule has 0 spiro atoms. The maximum atomic E-state index is 13.5. The molecule has 160 valence electrons. The second-order valence-electron chi connectivity index (χ2n) is 7.85. The van der Waals surface area contributed by atoms with Crippen molar-refractivity contribution in [3.63, 3.8) is 0 Å². The summed E-state index contributed by atoms with van der Waals surface area (Å²) in [6.07, 6.45) is 0. The van der Waals surface area contributed by atoms with Crippen molar-refractivity contribution in [1.82, 2.24) is 15.1 Å². The Balaban J connectivity index is 1.66. The minimum absolute atomic E-state index is 0.128. The van der Waals surface area contributed by atoms with E-state index >= 15 is 0 Å². The first-order valence-corrected chi connectivity index (χ1v) is 11.2. The molecule has 0 bridgehead atoms. The quantitative estimate of drug-likeness (QED) is 0.337. The maximum Gasteiger partial charge on any atom is 0.273 e. The van der Waals surface area contributed by atoms with E-state index in [4.69, 9.17) is 34.8 Å². The average Bonchev–Trinajstić information content (AvgIpc) is 3.31. The molecule has 4 aromatic rings. The van der Waals surface area contributed by atoms with Gasteiger partial charge in [-0.1, -0.05) is 82.8 Å². The number of fused-ring (bicyclic) bond motifs is 1. The molecule has 0 radical (unpaired) electrons. The predicted octanol–water partition coefficient (Wildman–Crippen LogP) is 7.09. The van der Waals surface area contributed by atoms with Crippen molar-refractivity contribution in [3.8, 4) is 11.3 Å². The molecule has 0 fully saturated rings. The molecule has 1 aromatic heterocycles. The van der Waals surface area contributed by atoms with Crippen LogP contribution in [0, 0.1) is 6.92 Å². The average molecular weight is 483 g/mol. The second kappa shape index (κ2) is 8.28. The van der Waals surface area contributed by atoms with Gasteiger partial charge >= 0.3 is 0 Å². The minimum atomic E-state index is -0.409. The molecule has 0 aliphatic carbocycles. The van der Waals surface area contributed by atoms with Gasteiger partial charge in [-0.3, -0.25) is 9.89 Å². The van der Waals surface area contributed by atoms with Crippen molar-refractivity contribution in [2.45, 2.75) is 19.5 Å². The van der Waals surface area contributed by atoms with Crippen LogP contribution < -0.4 is 0 Å². The highest BCUT2D eigenvalue weighted by Crippen LogP contribution is 2.45. The molecular formula is C25H18Cl3N3O. The molecule has 1 aliphatic rings. The van der Waals surface area contributed by atoms with Crippen molar-refractivity contribution >= 4 is 40.7 Å². The second-order valence-corrected chi connectivity index (χ2v) is 9.13. The van der Waals surface area contributed by atoms with Gasteiger partial charge in [-0.2, -0.15) is 5.10 Å². The number of aromatic nitrogens is 2. The molecule has 32 heavy (non-hydrogen) atoms. The molecular weight excluding hydrogens is 465 g/mol. The highest BCUT2D eigenvalue weighted by Gasteiger charge is 2.42. The Morgan fingerprint density at radius 3 is 2.31 bits per heavy atom. The largest absolute Gasteiger partial charge is 0.322 e. The Labute approximate surface area is 200 Å². The van der Waals surface area contributed by atoms with Gasteiger partial charge in [0.05, 0.1) is 11.7 Å². The number of benzene rings is 3. The summed E-state index contributed by atoms with van der Waals surface area (Å²) in [6.45, 7) is 2.43. The Morgan fingerprint density at radius 1 is 0.938 bits per heavy atom. The van der Waals surface area contributed by atoms with Crippen LogP contribution in [0.1, 0.15) is 38.8 Å². The number of amides is 1. The molecule has 5 rings (SSSR count). The van der Waals surface area contributed by atoms with E-state index in [0.717, 1.165) is 33.5 Å². The lowest BCUT2D eigenvalue weighted by atomic mass is 9.95. The number of aromatic amines is 1. The molecule has 0 saturated carbocycles. The van der Waals surface area contributed by atoms with E-state index in [1.807, 2.05) is 61.5 Å². The smallest absolute Gasteiger partial charge is 0.273 e. The van der Waals surface area contributed by atoms with Crippen LogP contribution in [-0.4, -0.2) is 21.0 Å². The summed E-state index contributed by atoms with van der Waals surface area (Å²) in [6, 6.07) is 20.5. The van der Waals surface area contributed by atoms with Crippen molar-refractivity contribution in [2.75, 3.05) is 0 Å². The first-order chi connectivity index (χ1) is 15.4. The van der Waals surface area contributed by atoms with Crippen LogP contribution in [0.4, 0.5) is 0 Å². The number of aryl methyl sites for hydroxylation is 1. The molecule has 4 nitrogen and oxygen atoms in total. The van der Waals surface area contributed by atoms with Gasteiger partial charge in [0.15, 0.2) is 0 Å². The Bertz CT molecular complexity index is 1310. The number of carbonyl (C=O) groups excluding carboxylic acids is 1. The number of carbonyl (C=O) groups is 1. The van der Waals surface area contributed by atoms with Gasteiger partial charge in [-0.15, -0.1) is 0 Å². The molecule has 3 aromatic carbocycles. The summed E-state index contributed by atoms with van der Waals surface area (Å²) < 4.78 is 0. The van der Waals surface area contributed by atoms with Gasteiger partial charge in [0, 0.05) is 32.7 Å². The molecule has 1 aliphatic heterocycles. The molecule has 1 amide bonds. The normalized spacial score (nSPS) is 15.3. The van der Waals surface area contributed by atoms with Crippen LogP contribution in [0.3, 0.4) is 0 Å². The molecule has 7 heteroatoms. The summed E-state index contributed by atoms with van der Waals surface area (Å²) in [7, 11) is 0. The number of halogens is 3. The van der Waals surface area contributed by atoms with Gasteiger partial charge in [-0.25, -0.2) is 0 Å². The maximum absolute atomic E-state index is 13.5. The van der Waals surface area contributed by atoms with Gasteiger partial charge < -0.3 is 4.90 Å². The van der Waals surface area contributed by atoms with E-state index in [1.54, 1.807) is 17.0 Å². The molecule has 0 saturated heterocycles. The highest BCUT2D eigenvalue weighted by molar-refractivity contribution is 6.35. The lowest BCUT2D eigenvalue weighted by molar-refractivity contribution is 0.0730. The Morgan fingerprint density at radius 2 is 1.62 bits per heavy atom. The van der Waals surface area contributed by atoms with Crippen LogP contribution >= 0.6 is 34.8 Å². The number of hydrogen-bond acceptors (Lipinski definition) is 2. The fourth-order valence-corrected chi connectivity index (χ4v) is 4.76. The topological polar surface area (TPSA) is 49.0 Å². The van der Waals surface area contributed by atoms with Crippen molar-refractivity contribution in [3.05, 3.63) is 110 Å². The Hall–Kier alpha value is -2.79. The van der Waals surface area contributed by atoms with E-state index in [1.165, 1.54) is 0 Å². The number of hydrogen-bond donors (Lipinski definition) is 1. The van der Waals surface area contributed by atoms with Crippen molar-refractivity contribution < 1.29 is 4.79 Å². The van der Waals surface area contributed by atoms with Crippen LogP contribution in [-0.2, 0) is 6.54 Å². The fourth-order valence-electron chi connectivity index (χ4n) is 4.12. The summed E-state index contributed by atoms with van der Waals surface area (Å²) >= 11 is 18.8. The first kappa shape index (κ1) is 21.1. The summed E-state index contributed by atoms with van der Waals surface area (Å²) in [4.78, 5) is 15.3.